The lowest BCUT2D eigenvalue weighted by Gasteiger charge is -2.26. The molecule has 0 aliphatic heterocycles. The second kappa shape index (κ2) is 6.58. The molecule has 10 heteroatoms. The maximum absolute atomic E-state index is 12.5. The first kappa shape index (κ1) is 17.7. The second-order valence-electron chi connectivity index (χ2n) is 4.22. The Bertz CT molecular complexity index is 600. The van der Waals surface area contributed by atoms with Gasteiger partial charge in [-0.1, -0.05) is 12.1 Å². The van der Waals surface area contributed by atoms with Gasteiger partial charge in [-0.2, -0.15) is 13.2 Å². The minimum absolute atomic E-state index is 0.0529. The number of halogens is 3. The van der Waals surface area contributed by atoms with Crippen LogP contribution in [0.3, 0.4) is 0 Å². The van der Waals surface area contributed by atoms with Crippen molar-refractivity contribution < 1.29 is 21.6 Å². The van der Waals surface area contributed by atoms with Gasteiger partial charge < -0.3 is 10.2 Å². The number of hydrogen-bond donors (Lipinski definition) is 2. The number of thiocarbonyl (C=S) groups is 1. The van der Waals surface area contributed by atoms with Crippen molar-refractivity contribution in [1.29, 1.82) is 0 Å². The van der Waals surface area contributed by atoms with Crippen LogP contribution in [0.4, 0.5) is 13.2 Å². The van der Waals surface area contributed by atoms with Gasteiger partial charge >= 0.3 is 6.18 Å². The summed E-state index contributed by atoms with van der Waals surface area (Å²) in [6, 6.07) is 5.25. The van der Waals surface area contributed by atoms with Crippen LogP contribution in [-0.4, -0.2) is 38.2 Å². The SMILES string of the molecule is CNC(=S)N(Cc1ccc(S(N)(=O)=O)cc1)CC(F)(F)F. The summed E-state index contributed by atoms with van der Waals surface area (Å²) in [7, 11) is -2.40. The average Bonchev–Trinajstić information content (AvgIpc) is 2.35. The lowest BCUT2D eigenvalue weighted by atomic mass is 10.2. The van der Waals surface area contributed by atoms with E-state index >= 15 is 0 Å². The van der Waals surface area contributed by atoms with Gasteiger partial charge in [0.2, 0.25) is 10.0 Å². The Morgan fingerprint density at radius 2 is 1.86 bits per heavy atom. The van der Waals surface area contributed by atoms with Crippen molar-refractivity contribution >= 4 is 27.4 Å². The minimum atomic E-state index is -4.40. The second-order valence-corrected chi connectivity index (χ2v) is 6.16. The molecule has 0 aromatic heterocycles. The Hall–Kier alpha value is -1.39. The first-order chi connectivity index (χ1) is 9.53. The molecule has 21 heavy (non-hydrogen) atoms. The van der Waals surface area contributed by atoms with Crippen molar-refractivity contribution in [2.24, 2.45) is 5.14 Å². The lowest BCUT2D eigenvalue weighted by Crippen LogP contribution is -2.42. The fraction of sp³-hybridized carbons (Fsp3) is 0.364. The highest BCUT2D eigenvalue weighted by molar-refractivity contribution is 7.89. The molecule has 0 atom stereocenters. The number of alkyl halides is 3. The quantitative estimate of drug-likeness (QED) is 0.805. The fourth-order valence-corrected chi connectivity index (χ4v) is 2.22. The summed E-state index contributed by atoms with van der Waals surface area (Å²) in [5.74, 6) is 0. The van der Waals surface area contributed by atoms with Crippen molar-refractivity contribution in [2.45, 2.75) is 17.6 Å². The molecule has 0 heterocycles. The van der Waals surface area contributed by atoms with E-state index in [1.54, 1.807) is 0 Å². The van der Waals surface area contributed by atoms with E-state index in [9.17, 15) is 21.6 Å². The zero-order chi connectivity index (χ0) is 16.3. The number of nitrogens with two attached hydrogens (primary N) is 1. The van der Waals surface area contributed by atoms with Crippen molar-refractivity contribution in [3.63, 3.8) is 0 Å². The van der Waals surface area contributed by atoms with Crippen LogP contribution in [0, 0.1) is 0 Å². The van der Waals surface area contributed by atoms with E-state index in [1.807, 2.05) is 0 Å². The molecule has 0 unspecified atom stereocenters. The summed E-state index contributed by atoms with van der Waals surface area (Å²) in [5, 5.41) is 7.38. The van der Waals surface area contributed by atoms with Crippen molar-refractivity contribution in [3.05, 3.63) is 29.8 Å². The molecule has 0 spiro atoms. The molecule has 0 fully saturated rings. The topological polar surface area (TPSA) is 75.4 Å². The van der Waals surface area contributed by atoms with Gasteiger partial charge in [-0.05, 0) is 29.9 Å². The van der Waals surface area contributed by atoms with E-state index in [0.29, 0.717) is 5.56 Å². The van der Waals surface area contributed by atoms with Crippen molar-refractivity contribution in [3.8, 4) is 0 Å². The molecule has 118 valence electrons. The first-order valence-electron chi connectivity index (χ1n) is 5.68. The highest BCUT2D eigenvalue weighted by Gasteiger charge is 2.31. The molecule has 0 aliphatic rings. The van der Waals surface area contributed by atoms with E-state index in [-0.39, 0.29) is 16.6 Å². The monoisotopic (exact) mass is 341 g/mol. The van der Waals surface area contributed by atoms with Crippen LogP contribution in [0.15, 0.2) is 29.2 Å². The molecule has 0 saturated heterocycles. The molecule has 1 rings (SSSR count). The highest BCUT2D eigenvalue weighted by Crippen LogP contribution is 2.19. The van der Waals surface area contributed by atoms with E-state index in [4.69, 9.17) is 17.4 Å². The fourth-order valence-electron chi connectivity index (χ4n) is 1.58. The van der Waals surface area contributed by atoms with Gasteiger partial charge in [0.25, 0.3) is 0 Å². The zero-order valence-corrected chi connectivity index (χ0v) is 12.6. The van der Waals surface area contributed by atoms with Gasteiger partial charge in [0.1, 0.15) is 6.54 Å². The van der Waals surface area contributed by atoms with Crippen LogP contribution in [-0.2, 0) is 16.6 Å². The number of sulfonamides is 1. The Morgan fingerprint density at radius 1 is 1.33 bits per heavy atom. The Kier molecular flexibility index (Phi) is 5.54. The molecule has 0 bridgehead atoms. The molecular formula is C11H14F3N3O2S2. The van der Waals surface area contributed by atoms with Gasteiger partial charge in [0.15, 0.2) is 5.11 Å². The molecule has 3 N–H and O–H groups in total. The van der Waals surface area contributed by atoms with Crippen LogP contribution in [0.5, 0.6) is 0 Å². The Balaban J connectivity index is 2.91. The zero-order valence-electron chi connectivity index (χ0n) is 11.0. The van der Waals surface area contributed by atoms with Gasteiger partial charge in [-0.3, -0.25) is 0 Å². The predicted molar refractivity (Wildman–Crippen MR) is 75.9 cm³/mol. The lowest BCUT2D eigenvalue weighted by molar-refractivity contribution is -0.138. The normalized spacial score (nSPS) is 12.0. The summed E-state index contributed by atoms with van der Waals surface area (Å²) >= 11 is 4.83. The minimum Gasteiger partial charge on any atom is -0.366 e. The number of nitrogens with one attached hydrogen (secondary N) is 1. The molecule has 0 saturated carbocycles. The van der Waals surface area contributed by atoms with Crippen LogP contribution >= 0.6 is 12.2 Å². The highest BCUT2D eigenvalue weighted by atomic mass is 32.2. The Morgan fingerprint density at radius 3 is 2.24 bits per heavy atom. The summed E-state index contributed by atoms with van der Waals surface area (Å²) < 4.78 is 59.7. The van der Waals surface area contributed by atoms with Gasteiger partial charge in [-0.15, -0.1) is 0 Å². The van der Waals surface area contributed by atoms with E-state index in [1.165, 1.54) is 31.3 Å². The maximum atomic E-state index is 12.5. The summed E-state index contributed by atoms with van der Waals surface area (Å²) in [6.45, 7) is -1.31. The van der Waals surface area contributed by atoms with Gasteiger partial charge in [0.05, 0.1) is 4.90 Å². The standard InChI is InChI=1S/C11H14F3N3O2S2/c1-16-10(20)17(7-11(12,13)14)6-8-2-4-9(5-3-8)21(15,18)19/h2-5H,6-7H2,1H3,(H,16,20)(H2,15,18,19). The molecule has 0 aliphatic carbocycles. The van der Waals surface area contributed by atoms with E-state index in [0.717, 1.165) is 4.90 Å². The van der Waals surface area contributed by atoms with Crippen LogP contribution < -0.4 is 10.5 Å². The molecule has 5 nitrogen and oxygen atoms in total. The molecular weight excluding hydrogens is 327 g/mol. The third-order valence-corrected chi connectivity index (χ3v) is 3.89. The predicted octanol–water partition coefficient (Wildman–Crippen LogP) is 1.20. The van der Waals surface area contributed by atoms with Gasteiger partial charge in [-0.25, -0.2) is 13.6 Å². The van der Waals surface area contributed by atoms with Gasteiger partial charge in [0, 0.05) is 13.6 Å². The summed E-state index contributed by atoms with van der Waals surface area (Å²) in [4.78, 5) is 0.825. The maximum Gasteiger partial charge on any atom is 0.406 e. The average molecular weight is 341 g/mol. The van der Waals surface area contributed by atoms with E-state index < -0.39 is 22.7 Å². The molecule has 0 amide bonds. The van der Waals surface area contributed by atoms with Crippen LogP contribution in [0.25, 0.3) is 0 Å². The number of nitrogens with zero attached hydrogens (tertiary/aromatic N) is 1. The smallest absolute Gasteiger partial charge is 0.366 e. The number of hydrogen-bond acceptors (Lipinski definition) is 3. The third-order valence-electron chi connectivity index (χ3n) is 2.50. The van der Waals surface area contributed by atoms with Crippen LogP contribution in [0.2, 0.25) is 0 Å². The number of rotatable bonds is 4. The van der Waals surface area contributed by atoms with Crippen LogP contribution in [0.1, 0.15) is 5.56 Å². The number of primary sulfonamides is 1. The van der Waals surface area contributed by atoms with Crippen molar-refractivity contribution in [2.75, 3.05) is 13.6 Å². The molecule has 1 aromatic carbocycles. The first-order valence-corrected chi connectivity index (χ1v) is 7.63. The van der Waals surface area contributed by atoms with Crippen molar-refractivity contribution in [1.82, 2.24) is 10.2 Å². The van der Waals surface area contributed by atoms with E-state index in [2.05, 4.69) is 5.32 Å². The molecule has 1 aromatic rings. The summed E-state index contributed by atoms with van der Waals surface area (Å²) in [6.07, 6.45) is -4.40. The third kappa shape index (κ3) is 5.86. The molecule has 0 radical (unpaired) electrons. The Labute approximate surface area is 126 Å². The largest absolute Gasteiger partial charge is 0.406 e. The summed E-state index contributed by atoms with van der Waals surface area (Å²) in [5.41, 5.74) is 0.476. The number of benzene rings is 1.